The summed E-state index contributed by atoms with van der Waals surface area (Å²) in [6.07, 6.45) is 4.24. The van der Waals surface area contributed by atoms with Crippen molar-refractivity contribution in [1.29, 1.82) is 0 Å². The lowest BCUT2D eigenvalue weighted by molar-refractivity contribution is 0.434. The number of pyridine rings is 1. The van der Waals surface area contributed by atoms with Gasteiger partial charge in [0, 0.05) is 12.2 Å². The molecule has 1 fully saturated rings. The van der Waals surface area contributed by atoms with Gasteiger partial charge in [-0.05, 0) is 36.8 Å². The minimum atomic E-state index is 0.480. The highest BCUT2D eigenvalue weighted by Gasteiger charge is 2.30. The molecular weight excluding hydrogens is 248 g/mol. The third kappa shape index (κ3) is 2.05. The summed E-state index contributed by atoms with van der Waals surface area (Å²) in [6, 6.07) is 4.18. The minimum Gasteiger partial charge on any atom is -0.350 e. The molecule has 0 spiro atoms. The predicted molar refractivity (Wildman–Crippen MR) is 73.0 cm³/mol. The van der Waals surface area contributed by atoms with Crippen molar-refractivity contribution in [3.05, 3.63) is 23.4 Å². The summed E-state index contributed by atoms with van der Waals surface area (Å²) in [7, 11) is 0. The molecular formula is C13H17ClN4. The van der Waals surface area contributed by atoms with E-state index in [1.807, 2.05) is 12.1 Å². The molecule has 5 heteroatoms. The number of aromatic nitrogens is 3. The Balaban J connectivity index is 1.83. The second-order valence-electron chi connectivity index (χ2n) is 5.25. The fraction of sp³-hybridized carbons (Fsp3) is 0.538. The highest BCUT2D eigenvalue weighted by molar-refractivity contribution is 6.30. The molecule has 3 unspecified atom stereocenters. The molecule has 0 radical (unpaired) electrons. The summed E-state index contributed by atoms with van der Waals surface area (Å²) in [5.41, 5.74) is 0.820. The number of fused-ring (bicyclic) bond motifs is 1. The van der Waals surface area contributed by atoms with Crippen LogP contribution in [0.2, 0.25) is 5.02 Å². The highest BCUT2D eigenvalue weighted by atomic mass is 35.5. The monoisotopic (exact) mass is 264 g/mol. The predicted octanol–water partition coefficient (Wildman–Crippen LogP) is 3.23. The Morgan fingerprint density at radius 3 is 2.89 bits per heavy atom. The molecule has 0 saturated heterocycles. The number of nitrogens with zero attached hydrogens (tertiary/aromatic N) is 3. The first-order valence-corrected chi connectivity index (χ1v) is 6.80. The van der Waals surface area contributed by atoms with Crippen LogP contribution in [-0.2, 0) is 0 Å². The third-order valence-corrected chi connectivity index (χ3v) is 4.30. The maximum absolute atomic E-state index is 5.93. The van der Waals surface area contributed by atoms with Crippen LogP contribution in [0, 0.1) is 11.8 Å². The third-order valence-electron chi connectivity index (χ3n) is 4.07. The Kier molecular flexibility index (Phi) is 2.90. The van der Waals surface area contributed by atoms with Crippen LogP contribution < -0.4 is 5.32 Å². The summed E-state index contributed by atoms with van der Waals surface area (Å²) >= 11 is 5.93. The zero-order chi connectivity index (χ0) is 12.7. The molecule has 0 aromatic carbocycles. The van der Waals surface area contributed by atoms with Crippen molar-refractivity contribution >= 4 is 23.2 Å². The van der Waals surface area contributed by atoms with E-state index >= 15 is 0 Å². The molecule has 0 amide bonds. The number of hydrogen-bond acceptors (Lipinski definition) is 3. The molecule has 0 aliphatic heterocycles. The van der Waals surface area contributed by atoms with Gasteiger partial charge in [0.15, 0.2) is 5.65 Å². The van der Waals surface area contributed by atoms with Crippen molar-refractivity contribution in [2.45, 2.75) is 32.7 Å². The fourth-order valence-electron chi connectivity index (χ4n) is 2.65. The Labute approximate surface area is 111 Å². The average molecular weight is 265 g/mol. The highest BCUT2D eigenvalue weighted by Crippen LogP contribution is 2.32. The lowest BCUT2D eigenvalue weighted by atomic mass is 9.98. The Morgan fingerprint density at radius 2 is 2.17 bits per heavy atom. The molecule has 0 bridgehead atoms. The van der Waals surface area contributed by atoms with E-state index in [0.717, 1.165) is 11.6 Å². The molecule has 96 valence electrons. The van der Waals surface area contributed by atoms with E-state index < -0.39 is 0 Å². The van der Waals surface area contributed by atoms with Crippen molar-refractivity contribution in [3.63, 3.8) is 0 Å². The number of rotatable bonds is 2. The molecule has 1 N–H and O–H groups in total. The van der Waals surface area contributed by atoms with Gasteiger partial charge in [0.25, 0.3) is 0 Å². The first kappa shape index (κ1) is 11.8. The smallest absolute Gasteiger partial charge is 0.243 e. The van der Waals surface area contributed by atoms with E-state index in [1.165, 1.54) is 12.8 Å². The van der Waals surface area contributed by atoms with Gasteiger partial charge in [-0.1, -0.05) is 25.4 Å². The van der Waals surface area contributed by atoms with Crippen LogP contribution in [0.5, 0.6) is 0 Å². The molecule has 2 aromatic rings. The van der Waals surface area contributed by atoms with E-state index in [4.69, 9.17) is 11.6 Å². The Hall–Kier alpha value is -1.29. The van der Waals surface area contributed by atoms with Crippen LogP contribution in [0.15, 0.2) is 18.3 Å². The van der Waals surface area contributed by atoms with E-state index in [-0.39, 0.29) is 0 Å². The SMILES string of the molecule is CC1CCC(Nc2nc3ccc(Cl)cn3n2)C1C. The van der Waals surface area contributed by atoms with Crippen LogP contribution in [-0.4, -0.2) is 20.6 Å². The second-order valence-corrected chi connectivity index (χ2v) is 5.69. The molecule has 1 saturated carbocycles. The van der Waals surface area contributed by atoms with Crippen molar-refractivity contribution in [2.24, 2.45) is 11.8 Å². The molecule has 3 rings (SSSR count). The molecule has 18 heavy (non-hydrogen) atoms. The van der Waals surface area contributed by atoms with Crippen molar-refractivity contribution < 1.29 is 0 Å². The maximum atomic E-state index is 5.93. The van der Waals surface area contributed by atoms with Crippen molar-refractivity contribution in [2.75, 3.05) is 5.32 Å². The van der Waals surface area contributed by atoms with E-state index in [0.29, 0.717) is 22.9 Å². The van der Waals surface area contributed by atoms with Gasteiger partial charge in [-0.15, -0.1) is 5.10 Å². The summed E-state index contributed by atoms with van der Waals surface area (Å²) in [5.74, 6) is 2.14. The van der Waals surface area contributed by atoms with Gasteiger partial charge in [-0.25, -0.2) is 4.52 Å². The van der Waals surface area contributed by atoms with E-state index in [2.05, 4.69) is 29.2 Å². The van der Waals surface area contributed by atoms with Crippen molar-refractivity contribution in [1.82, 2.24) is 14.6 Å². The van der Waals surface area contributed by atoms with E-state index in [1.54, 1.807) is 10.7 Å². The van der Waals surface area contributed by atoms with Gasteiger partial charge in [-0.2, -0.15) is 4.98 Å². The number of nitrogens with one attached hydrogen (secondary N) is 1. The van der Waals surface area contributed by atoms with Crippen LogP contribution in [0.1, 0.15) is 26.7 Å². The van der Waals surface area contributed by atoms with Gasteiger partial charge in [-0.3, -0.25) is 0 Å². The standard InChI is InChI=1S/C13H17ClN4/c1-8-3-5-11(9(8)2)15-13-16-12-6-4-10(14)7-18(12)17-13/h4,6-9,11H,3,5H2,1-2H3,(H,15,17). The molecule has 3 atom stereocenters. The minimum absolute atomic E-state index is 0.480. The normalized spacial score (nSPS) is 27.8. The summed E-state index contributed by atoms with van der Waals surface area (Å²) < 4.78 is 1.72. The lowest BCUT2D eigenvalue weighted by Crippen LogP contribution is -2.24. The average Bonchev–Trinajstić information content (AvgIpc) is 2.86. The molecule has 4 nitrogen and oxygen atoms in total. The zero-order valence-electron chi connectivity index (χ0n) is 10.6. The van der Waals surface area contributed by atoms with Gasteiger partial charge in [0.05, 0.1) is 5.02 Å². The van der Waals surface area contributed by atoms with Crippen LogP contribution in [0.4, 0.5) is 5.95 Å². The van der Waals surface area contributed by atoms with Crippen molar-refractivity contribution in [3.8, 4) is 0 Å². The van der Waals surface area contributed by atoms with Crippen LogP contribution >= 0.6 is 11.6 Å². The zero-order valence-corrected chi connectivity index (χ0v) is 11.4. The van der Waals surface area contributed by atoms with Crippen LogP contribution in [0.3, 0.4) is 0 Å². The Morgan fingerprint density at radius 1 is 1.33 bits per heavy atom. The van der Waals surface area contributed by atoms with Gasteiger partial charge in [0.2, 0.25) is 5.95 Å². The topological polar surface area (TPSA) is 42.2 Å². The maximum Gasteiger partial charge on any atom is 0.243 e. The Bertz CT molecular complexity index is 565. The van der Waals surface area contributed by atoms with E-state index in [9.17, 15) is 0 Å². The lowest BCUT2D eigenvalue weighted by Gasteiger charge is -2.18. The molecule has 2 aromatic heterocycles. The van der Waals surface area contributed by atoms with Gasteiger partial charge < -0.3 is 5.32 Å². The van der Waals surface area contributed by atoms with Crippen LogP contribution in [0.25, 0.3) is 5.65 Å². The van der Waals surface area contributed by atoms with Gasteiger partial charge >= 0.3 is 0 Å². The largest absolute Gasteiger partial charge is 0.350 e. The number of hydrogen-bond donors (Lipinski definition) is 1. The summed E-state index contributed by atoms with van der Waals surface area (Å²) in [4.78, 5) is 4.46. The number of anilines is 1. The first-order valence-electron chi connectivity index (χ1n) is 6.42. The quantitative estimate of drug-likeness (QED) is 0.906. The first-order chi connectivity index (χ1) is 8.63. The fourth-order valence-corrected chi connectivity index (χ4v) is 2.81. The number of halogens is 1. The molecule has 1 aliphatic rings. The molecule has 1 aliphatic carbocycles. The second kappa shape index (κ2) is 4.43. The summed E-state index contributed by atoms with van der Waals surface area (Å²) in [6.45, 7) is 4.60. The summed E-state index contributed by atoms with van der Waals surface area (Å²) in [5, 5.41) is 8.52. The molecule has 2 heterocycles. The van der Waals surface area contributed by atoms with Gasteiger partial charge in [0.1, 0.15) is 0 Å².